The predicted molar refractivity (Wildman–Crippen MR) is 96.3 cm³/mol. The Kier molecular flexibility index (Phi) is 5.71. The number of anilines is 1. The SMILES string of the molecule is CCc1cccc(C)c1NCc1cc(Br)cc(Br)c1OC. The lowest BCUT2D eigenvalue weighted by Gasteiger charge is -2.16. The summed E-state index contributed by atoms with van der Waals surface area (Å²) in [7, 11) is 1.70. The van der Waals surface area contributed by atoms with E-state index in [1.807, 2.05) is 6.07 Å². The Labute approximate surface area is 143 Å². The van der Waals surface area contributed by atoms with E-state index in [0.29, 0.717) is 0 Å². The summed E-state index contributed by atoms with van der Waals surface area (Å²) in [5, 5.41) is 3.56. The topological polar surface area (TPSA) is 21.3 Å². The van der Waals surface area contributed by atoms with Crippen LogP contribution in [-0.2, 0) is 13.0 Å². The van der Waals surface area contributed by atoms with E-state index in [2.05, 4.69) is 75.3 Å². The molecule has 0 bridgehead atoms. The molecule has 0 aliphatic rings. The molecule has 0 atom stereocenters. The van der Waals surface area contributed by atoms with E-state index in [4.69, 9.17) is 4.74 Å². The number of hydrogen-bond acceptors (Lipinski definition) is 2. The highest BCUT2D eigenvalue weighted by atomic mass is 79.9. The van der Waals surface area contributed by atoms with Crippen molar-refractivity contribution < 1.29 is 4.74 Å². The third-order valence-electron chi connectivity index (χ3n) is 3.49. The average molecular weight is 413 g/mol. The van der Waals surface area contributed by atoms with E-state index in [-0.39, 0.29) is 0 Å². The molecule has 112 valence electrons. The molecule has 0 radical (unpaired) electrons. The van der Waals surface area contributed by atoms with E-state index in [1.54, 1.807) is 7.11 Å². The second-order valence-electron chi connectivity index (χ2n) is 4.90. The number of methoxy groups -OCH3 is 1. The number of aryl methyl sites for hydroxylation is 2. The largest absolute Gasteiger partial charge is 0.495 e. The lowest BCUT2D eigenvalue weighted by molar-refractivity contribution is 0.407. The van der Waals surface area contributed by atoms with Crippen LogP contribution in [0.3, 0.4) is 0 Å². The first-order chi connectivity index (χ1) is 10.1. The van der Waals surface area contributed by atoms with Crippen molar-refractivity contribution in [2.75, 3.05) is 12.4 Å². The Morgan fingerprint density at radius 3 is 2.57 bits per heavy atom. The summed E-state index contributed by atoms with van der Waals surface area (Å²) in [6, 6.07) is 10.5. The maximum atomic E-state index is 5.50. The Hall–Kier alpha value is -1.000. The van der Waals surface area contributed by atoms with Crippen LogP contribution in [0.4, 0.5) is 5.69 Å². The van der Waals surface area contributed by atoms with Gasteiger partial charge in [-0.25, -0.2) is 0 Å². The van der Waals surface area contributed by atoms with Gasteiger partial charge in [0.1, 0.15) is 5.75 Å². The highest BCUT2D eigenvalue weighted by Crippen LogP contribution is 2.33. The highest BCUT2D eigenvalue weighted by molar-refractivity contribution is 9.11. The normalized spacial score (nSPS) is 10.5. The van der Waals surface area contributed by atoms with Crippen LogP contribution in [0.1, 0.15) is 23.6 Å². The number of ether oxygens (including phenoxy) is 1. The van der Waals surface area contributed by atoms with Crippen molar-refractivity contribution in [1.82, 2.24) is 0 Å². The highest BCUT2D eigenvalue weighted by Gasteiger charge is 2.10. The maximum absolute atomic E-state index is 5.50. The molecule has 0 fully saturated rings. The van der Waals surface area contributed by atoms with Crippen molar-refractivity contribution in [3.05, 3.63) is 56.0 Å². The first-order valence-electron chi connectivity index (χ1n) is 6.91. The second kappa shape index (κ2) is 7.32. The zero-order valence-corrected chi connectivity index (χ0v) is 15.6. The van der Waals surface area contributed by atoms with Gasteiger partial charge in [-0.2, -0.15) is 0 Å². The third kappa shape index (κ3) is 3.80. The van der Waals surface area contributed by atoms with Gasteiger partial charge in [0.25, 0.3) is 0 Å². The van der Waals surface area contributed by atoms with Gasteiger partial charge < -0.3 is 10.1 Å². The van der Waals surface area contributed by atoms with E-state index < -0.39 is 0 Å². The molecule has 0 spiro atoms. The summed E-state index contributed by atoms with van der Waals surface area (Å²) >= 11 is 7.08. The van der Waals surface area contributed by atoms with E-state index in [0.717, 1.165) is 33.2 Å². The molecule has 2 aromatic carbocycles. The van der Waals surface area contributed by atoms with Gasteiger partial charge in [0.2, 0.25) is 0 Å². The van der Waals surface area contributed by atoms with Gasteiger partial charge in [0.15, 0.2) is 0 Å². The van der Waals surface area contributed by atoms with Crippen LogP contribution in [0.25, 0.3) is 0 Å². The smallest absolute Gasteiger partial charge is 0.138 e. The number of hydrogen-bond donors (Lipinski definition) is 1. The minimum absolute atomic E-state index is 0.721. The Morgan fingerprint density at radius 2 is 1.90 bits per heavy atom. The third-order valence-corrected chi connectivity index (χ3v) is 4.53. The molecule has 0 aliphatic heterocycles. The molecule has 0 unspecified atom stereocenters. The van der Waals surface area contributed by atoms with Crippen LogP contribution in [0, 0.1) is 6.92 Å². The molecular formula is C17H19Br2NO. The summed E-state index contributed by atoms with van der Waals surface area (Å²) in [6.07, 6.45) is 1.02. The van der Waals surface area contributed by atoms with Gasteiger partial charge in [-0.15, -0.1) is 0 Å². The van der Waals surface area contributed by atoms with Crippen molar-refractivity contribution in [2.45, 2.75) is 26.8 Å². The second-order valence-corrected chi connectivity index (χ2v) is 6.67. The van der Waals surface area contributed by atoms with Crippen LogP contribution in [-0.4, -0.2) is 7.11 Å². The van der Waals surface area contributed by atoms with Crippen LogP contribution in [0.5, 0.6) is 5.75 Å². The van der Waals surface area contributed by atoms with E-state index >= 15 is 0 Å². The summed E-state index contributed by atoms with van der Waals surface area (Å²) in [6.45, 7) is 5.03. The van der Waals surface area contributed by atoms with E-state index in [9.17, 15) is 0 Å². The van der Waals surface area contributed by atoms with Crippen LogP contribution in [0.2, 0.25) is 0 Å². The van der Waals surface area contributed by atoms with Crippen molar-refractivity contribution in [2.24, 2.45) is 0 Å². The fourth-order valence-corrected chi connectivity index (χ4v) is 3.91. The minimum Gasteiger partial charge on any atom is -0.495 e. The van der Waals surface area contributed by atoms with Crippen LogP contribution >= 0.6 is 31.9 Å². The molecule has 0 aliphatic carbocycles. The quantitative estimate of drug-likeness (QED) is 0.679. The minimum atomic E-state index is 0.721. The van der Waals surface area contributed by atoms with Gasteiger partial charge in [0, 0.05) is 22.3 Å². The van der Waals surface area contributed by atoms with Crippen LogP contribution < -0.4 is 10.1 Å². The van der Waals surface area contributed by atoms with Crippen LogP contribution in [0.15, 0.2) is 39.3 Å². The lowest BCUT2D eigenvalue weighted by Crippen LogP contribution is -2.06. The zero-order valence-electron chi connectivity index (χ0n) is 12.5. The molecule has 21 heavy (non-hydrogen) atoms. The fourth-order valence-electron chi connectivity index (χ4n) is 2.43. The first-order valence-corrected chi connectivity index (χ1v) is 8.49. The molecule has 1 N–H and O–H groups in total. The number of benzene rings is 2. The molecular weight excluding hydrogens is 394 g/mol. The average Bonchev–Trinajstić information content (AvgIpc) is 2.45. The van der Waals surface area contributed by atoms with Crippen molar-refractivity contribution >= 4 is 37.5 Å². The van der Waals surface area contributed by atoms with Gasteiger partial charge >= 0.3 is 0 Å². The fraction of sp³-hybridized carbons (Fsp3) is 0.294. The maximum Gasteiger partial charge on any atom is 0.138 e. The summed E-state index contributed by atoms with van der Waals surface area (Å²) in [4.78, 5) is 0. The zero-order chi connectivity index (χ0) is 15.4. The lowest BCUT2D eigenvalue weighted by atomic mass is 10.1. The molecule has 0 aromatic heterocycles. The van der Waals surface area contributed by atoms with E-state index in [1.165, 1.54) is 16.8 Å². The predicted octanol–water partition coefficient (Wildman–Crippen LogP) is 5.70. The summed E-state index contributed by atoms with van der Waals surface area (Å²) in [5.74, 6) is 0.873. The molecule has 0 amide bonds. The molecule has 2 rings (SSSR count). The standard InChI is InChI=1S/C17H19Br2NO/c1-4-12-7-5-6-11(2)16(12)20-10-13-8-14(18)9-15(19)17(13)21-3/h5-9,20H,4,10H2,1-3H3. The molecule has 4 heteroatoms. The Bertz CT molecular complexity index is 641. The molecule has 0 saturated heterocycles. The Balaban J connectivity index is 2.29. The number of nitrogens with one attached hydrogen (secondary N) is 1. The molecule has 0 saturated carbocycles. The molecule has 0 heterocycles. The van der Waals surface area contributed by atoms with Gasteiger partial charge in [-0.05, 0) is 52.5 Å². The molecule has 2 aromatic rings. The number of para-hydroxylation sites is 1. The van der Waals surface area contributed by atoms with Gasteiger partial charge in [0.05, 0.1) is 11.6 Å². The summed E-state index contributed by atoms with van der Waals surface area (Å²) in [5.41, 5.74) is 4.94. The van der Waals surface area contributed by atoms with Gasteiger partial charge in [-0.1, -0.05) is 41.1 Å². The summed E-state index contributed by atoms with van der Waals surface area (Å²) < 4.78 is 7.49. The monoisotopic (exact) mass is 411 g/mol. The van der Waals surface area contributed by atoms with Gasteiger partial charge in [-0.3, -0.25) is 0 Å². The van der Waals surface area contributed by atoms with Crippen molar-refractivity contribution in [3.63, 3.8) is 0 Å². The molecule has 2 nitrogen and oxygen atoms in total. The van der Waals surface area contributed by atoms with Crippen molar-refractivity contribution in [3.8, 4) is 5.75 Å². The number of halogens is 2. The number of rotatable bonds is 5. The first kappa shape index (κ1) is 16.4. The Morgan fingerprint density at radius 1 is 1.14 bits per heavy atom. The van der Waals surface area contributed by atoms with Crippen molar-refractivity contribution in [1.29, 1.82) is 0 Å².